The van der Waals surface area contributed by atoms with Crippen LogP contribution in [0.3, 0.4) is 0 Å². The fraction of sp³-hybridized carbons (Fsp3) is 1.00. The SMILES string of the molecule is COCCN(CCCCC(C)O)CC(C)C. The standard InChI is InChI=1S/C13H29NO2/c1-12(2)11-14(9-10-16-4)8-6-5-7-13(3)15/h12-13,15H,5-11H2,1-4H3. The molecule has 3 nitrogen and oxygen atoms in total. The third kappa shape index (κ3) is 10.4. The first kappa shape index (κ1) is 15.9. The van der Waals surface area contributed by atoms with Crippen molar-refractivity contribution in [2.45, 2.75) is 46.1 Å². The normalized spacial score (nSPS) is 13.7. The number of nitrogens with zero attached hydrogens (tertiary/aromatic N) is 1. The Morgan fingerprint density at radius 3 is 2.31 bits per heavy atom. The lowest BCUT2D eigenvalue weighted by Gasteiger charge is -2.23. The molecule has 0 rings (SSSR count). The van der Waals surface area contributed by atoms with Gasteiger partial charge in [0.15, 0.2) is 0 Å². The van der Waals surface area contributed by atoms with E-state index in [0.29, 0.717) is 5.92 Å². The van der Waals surface area contributed by atoms with Crippen molar-refractivity contribution in [2.24, 2.45) is 5.92 Å². The van der Waals surface area contributed by atoms with E-state index in [0.717, 1.165) is 39.1 Å². The Kier molecular flexibility index (Phi) is 9.99. The second-order valence-electron chi connectivity index (χ2n) is 5.03. The van der Waals surface area contributed by atoms with Gasteiger partial charge in [0.05, 0.1) is 12.7 Å². The van der Waals surface area contributed by atoms with Crippen molar-refractivity contribution < 1.29 is 9.84 Å². The van der Waals surface area contributed by atoms with Crippen LogP contribution in [0.4, 0.5) is 0 Å². The van der Waals surface area contributed by atoms with E-state index in [1.54, 1.807) is 7.11 Å². The van der Waals surface area contributed by atoms with Crippen LogP contribution in [0.15, 0.2) is 0 Å². The summed E-state index contributed by atoms with van der Waals surface area (Å²) >= 11 is 0. The molecule has 0 aromatic heterocycles. The van der Waals surface area contributed by atoms with Gasteiger partial charge in [-0.2, -0.15) is 0 Å². The Hall–Kier alpha value is -0.120. The molecule has 0 fully saturated rings. The lowest BCUT2D eigenvalue weighted by Crippen LogP contribution is -2.32. The minimum absolute atomic E-state index is 0.155. The molecule has 0 heterocycles. The predicted octanol–water partition coefficient (Wildman–Crippen LogP) is 2.14. The third-order valence-electron chi connectivity index (χ3n) is 2.58. The zero-order valence-corrected chi connectivity index (χ0v) is 11.4. The first-order chi connectivity index (χ1) is 7.56. The summed E-state index contributed by atoms with van der Waals surface area (Å²) in [5.41, 5.74) is 0. The Bertz CT molecular complexity index is 149. The largest absolute Gasteiger partial charge is 0.393 e. The van der Waals surface area contributed by atoms with Gasteiger partial charge in [0.25, 0.3) is 0 Å². The summed E-state index contributed by atoms with van der Waals surface area (Å²) in [6.45, 7) is 10.4. The highest BCUT2D eigenvalue weighted by Crippen LogP contribution is 2.04. The number of aliphatic hydroxyl groups is 1. The summed E-state index contributed by atoms with van der Waals surface area (Å²) in [6.07, 6.45) is 3.04. The first-order valence-corrected chi connectivity index (χ1v) is 6.45. The minimum Gasteiger partial charge on any atom is -0.393 e. The molecule has 0 aliphatic heterocycles. The molecule has 0 aromatic rings. The topological polar surface area (TPSA) is 32.7 Å². The van der Waals surface area contributed by atoms with Crippen LogP contribution in [0, 0.1) is 5.92 Å². The maximum Gasteiger partial charge on any atom is 0.0589 e. The average Bonchev–Trinajstić information content (AvgIpc) is 2.19. The number of rotatable bonds is 10. The lowest BCUT2D eigenvalue weighted by atomic mass is 10.1. The van der Waals surface area contributed by atoms with Gasteiger partial charge in [-0.15, -0.1) is 0 Å². The maximum atomic E-state index is 9.17. The molecule has 0 saturated heterocycles. The quantitative estimate of drug-likeness (QED) is 0.585. The van der Waals surface area contributed by atoms with Crippen LogP contribution in [0.25, 0.3) is 0 Å². The molecule has 0 amide bonds. The summed E-state index contributed by atoms with van der Waals surface area (Å²) < 4.78 is 5.12. The number of hydrogen-bond donors (Lipinski definition) is 1. The minimum atomic E-state index is -0.155. The van der Waals surface area contributed by atoms with Gasteiger partial charge in [-0.25, -0.2) is 0 Å². The van der Waals surface area contributed by atoms with Gasteiger partial charge >= 0.3 is 0 Å². The zero-order valence-electron chi connectivity index (χ0n) is 11.4. The van der Waals surface area contributed by atoms with Gasteiger partial charge < -0.3 is 14.7 Å². The monoisotopic (exact) mass is 231 g/mol. The average molecular weight is 231 g/mol. The van der Waals surface area contributed by atoms with E-state index in [2.05, 4.69) is 18.7 Å². The molecule has 16 heavy (non-hydrogen) atoms. The number of aliphatic hydroxyl groups excluding tert-OH is 1. The first-order valence-electron chi connectivity index (χ1n) is 6.45. The van der Waals surface area contributed by atoms with Gasteiger partial charge in [0, 0.05) is 20.2 Å². The molecule has 3 heteroatoms. The molecule has 0 spiro atoms. The van der Waals surface area contributed by atoms with Crippen LogP contribution in [0.1, 0.15) is 40.0 Å². The van der Waals surface area contributed by atoms with Crippen molar-refractivity contribution in [1.82, 2.24) is 4.90 Å². The summed E-state index contributed by atoms with van der Waals surface area (Å²) in [6, 6.07) is 0. The summed E-state index contributed by atoms with van der Waals surface area (Å²) in [5, 5.41) is 9.17. The van der Waals surface area contributed by atoms with Crippen molar-refractivity contribution >= 4 is 0 Å². The summed E-state index contributed by atoms with van der Waals surface area (Å²) in [4.78, 5) is 2.45. The maximum absolute atomic E-state index is 9.17. The van der Waals surface area contributed by atoms with Crippen LogP contribution >= 0.6 is 0 Å². The Morgan fingerprint density at radius 2 is 1.81 bits per heavy atom. The zero-order chi connectivity index (χ0) is 12.4. The van der Waals surface area contributed by atoms with E-state index >= 15 is 0 Å². The summed E-state index contributed by atoms with van der Waals surface area (Å²) in [5.74, 6) is 0.702. The molecule has 1 atom stereocenters. The van der Waals surface area contributed by atoms with Crippen molar-refractivity contribution in [3.63, 3.8) is 0 Å². The molecule has 0 saturated carbocycles. The Labute approximate surface area is 101 Å². The van der Waals surface area contributed by atoms with E-state index in [1.807, 2.05) is 6.92 Å². The van der Waals surface area contributed by atoms with Gasteiger partial charge in [-0.1, -0.05) is 13.8 Å². The van der Waals surface area contributed by atoms with Crippen molar-refractivity contribution in [1.29, 1.82) is 0 Å². The highest BCUT2D eigenvalue weighted by atomic mass is 16.5. The van der Waals surface area contributed by atoms with Crippen LogP contribution in [-0.2, 0) is 4.74 Å². The van der Waals surface area contributed by atoms with Gasteiger partial charge in [0.2, 0.25) is 0 Å². The van der Waals surface area contributed by atoms with Crippen LogP contribution < -0.4 is 0 Å². The van der Waals surface area contributed by atoms with E-state index in [4.69, 9.17) is 4.74 Å². The molecule has 0 aliphatic carbocycles. The highest BCUT2D eigenvalue weighted by Gasteiger charge is 2.07. The van der Waals surface area contributed by atoms with Crippen molar-refractivity contribution in [2.75, 3.05) is 33.4 Å². The molecular formula is C13H29NO2. The number of ether oxygens (including phenoxy) is 1. The van der Waals surface area contributed by atoms with E-state index < -0.39 is 0 Å². The number of hydrogen-bond acceptors (Lipinski definition) is 3. The predicted molar refractivity (Wildman–Crippen MR) is 68.7 cm³/mol. The van der Waals surface area contributed by atoms with Crippen LogP contribution in [0.2, 0.25) is 0 Å². The molecule has 98 valence electrons. The Balaban J connectivity index is 3.64. The number of methoxy groups -OCH3 is 1. The highest BCUT2D eigenvalue weighted by molar-refractivity contribution is 4.61. The molecular weight excluding hydrogens is 202 g/mol. The number of unbranched alkanes of at least 4 members (excludes halogenated alkanes) is 1. The molecule has 0 aliphatic rings. The van der Waals surface area contributed by atoms with Gasteiger partial charge in [0.1, 0.15) is 0 Å². The van der Waals surface area contributed by atoms with Crippen molar-refractivity contribution in [3.8, 4) is 0 Å². The lowest BCUT2D eigenvalue weighted by molar-refractivity contribution is 0.135. The van der Waals surface area contributed by atoms with Crippen LogP contribution in [0.5, 0.6) is 0 Å². The van der Waals surface area contributed by atoms with E-state index in [9.17, 15) is 5.11 Å². The Morgan fingerprint density at radius 1 is 1.12 bits per heavy atom. The van der Waals surface area contributed by atoms with Crippen molar-refractivity contribution in [3.05, 3.63) is 0 Å². The second-order valence-corrected chi connectivity index (χ2v) is 5.03. The third-order valence-corrected chi connectivity index (χ3v) is 2.58. The molecule has 0 radical (unpaired) electrons. The molecule has 1 N–H and O–H groups in total. The smallest absolute Gasteiger partial charge is 0.0589 e. The van der Waals surface area contributed by atoms with E-state index in [1.165, 1.54) is 6.42 Å². The summed E-state index contributed by atoms with van der Waals surface area (Å²) in [7, 11) is 1.75. The molecule has 1 unspecified atom stereocenters. The molecule has 0 aromatic carbocycles. The fourth-order valence-corrected chi connectivity index (χ4v) is 1.81. The second kappa shape index (κ2) is 10.1. The fourth-order valence-electron chi connectivity index (χ4n) is 1.81. The van der Waals surface area contributed by atoms with Gasteiger partial charge in [-0.05, 0) is 38.6 Å². The van der Waals surface area contributed by atoms with Gasteiger partial charge in [-0.3, -0.25) is 0 Å². The molecule has 0 bridgehead atoms. The van der Waals surface area contributed by atoms with E-state index in [-0.39, 0.29) is 6.10 Å². The van der Waals surface area contributed by atoms with Crippen LogP contribution in [-0.4, -0.2) is 49.5 Å².